The molecule has 1 atom stereocenters. The number of likely N-dealkylation sites (tertiary alicyclic amines) is 1. The normalized spacial score (nSPS) is 24.0. The van der Waals surface area contributed by atoms with Crippen molar-refractivity contribution in [3.63, 3.8) is 0 Å². The number of hydrogen-bond acceptors (Lipinski definition) is 5. The molecule has 2 saturated heterocycles. The fraction of sp³-hybridized carbons (Fsp3) is 0.400. The molecule has 6 heteroatoms. The Kier molecular flexibility index (Phi) is 4.33. The average Bonchev–Trinajstić information content (AvgIpc) is 3.43. The van der Waals surface area contributed by atoms with Gasteiger partial charge in [0.05, 0.1) is 36.4 Å². The topological polar surface area (TPSA) is 51.5 Å². The van der Waals surface area contributed by atoms with Crippen LogP contribution in [-0.2, 0) is 16.8 Å². The van der Waals surface area contributed by atoms with Gasteiger partial charge in [-0.05, 0) is 48.7 Å². The first-order chi connectivity index (χ1) is 15.2. The summed E-state index contributed by atoms with van der Waals surface area (Å²) in [4.78, 5) is 6.78. The summed E-state index contributed by atoms with van der Waals surface area (Å²) in [6.07, 6.45) is 9.06. The Bertz CT molecular complexity index is 1090. The third-order valence-corrected chi connectivity index (χ3v) is 7.22. The molecule has 2 aromatic heterocycles. The Hall–Kier alpha value is -2.83. The van der Waals surface area contributed by atoms with Crippen LogP contribution in [-0.4, -0.2) is 46.9 Å². The quantitative estimate of drug-likeness (QED) is 0.701. The van der Waals surface area contributed by atoms with Crippen molar-refractivity contribution in [3.05, 3.63) is 72.3 Å². The predicted molar refractivity (Wildman–Crippen MR) is 120 cm³/mol. The zero-order chi connectivity index (χ0) is 20.9. The predicted octanol–water partition coefficient (Wildman–Crippen LogP) is 3.96. The van der Waals surface area contributed by atoms with Crippen LogP contribution in [0.3, 0.4) is 0 Å². The number of nitrogens with zero attached hydrogens (tertiary/aromatic N) is 3. The molecular weight excluding hydrogens is 388 g/mol. The van der Waals surface area contributed by atoms with Gasteiger partial charge in [-0.2, -0.15) is 0 Å². The van der Waals surface area contributed by atoms with Gasteiger partial charge in [-0.3, -0.25) is 9.88 Å². The van der Waals surface area contributed by atoms with E-state index in [-0.39, 0.29) is 11.1 Å². The van der Waals surface area contributed by atoms with Gasteiger partial charge in [0.2, 0.25) is 0 Å². The number of rotatable bonds is 3. The SMILES string of the molecule is COc1ccc2c(c1)N[C@]1(COC3(CCN(Cc4cccnc4)CC3)C1)c1cccn1-2. The third-order valence-electron chi connectivity index (χ3n) is 7.22. The van der Waals surface area contributed by atoms with Gasteiger partial charge >= 0.3 is 0 Å². The van der Waals surface area contributed by atoms with Crippen LogP contribution in [0.4, 0.5) is 5.69 Å². The molecule has 5 heterocycles. The van der Waals surface area contributed by atoms with Gasteiger partial charge < -0.3 is 19.4 Å². The zero-order valence-corrected chi connectivity index (χ0v) is 17.9. The Morgan fingerprint density at radius 1 is 1.16 bits per heavy atom. The maximum atomic E-state index is 6.63. The number of piperidine rings is 1. The molecule has 0 amide bonds. The first-order valence-corrected chi connectivity index (χ1v) is 11.1. The molecule has 3 aromatic rings. The van der Waals surface area contributed by atoms with E-state index in [1.165, 1.54) is 16.9 Å². The molecule has 1 N–H and O–H groups in total. The Morgan fingerprint density at radius 3 is 2.87 bits per heavy atom. The third kappa shape index (κ3) is 3.13. The van der Waals surface area contributed by atoms with Crippen molar-refractivity contribution in [2.75, 3.05) is 32.1 Å². The number of methoxy groups -OCH3 is 1. The number of hydrogen-bond donors (Lipinski definition) is 1. The van der Waals surface area contributed by atoms with Crippen molar-refractivity contribution in [3.8, 4) is 11.4 Å². The summed E-state index contributed by atoms with van der Waals surface area (Å²) in [7, 11) is 1.72. The minimum absolute atomic E-state index is 0.0656. The lowest BCUT2D eigenvalue weighted by molar-refractivity contribution is -0.0451. The van der Waals surface area contributed by atoms with Gasteiger partial charge in [-0.25, -0.2) is 0 Å². The van der Waals surface area contributed by atoms with Crippen LogP contribution in [0.15, 0.2) is 61.1 Å². The molecule has 0 aliphatic carbocycles. The van der Waals surface area contributed by atoms with Crippen LogP contribution in [0.2, 0.25) is 0 Å². The smallest absolute Gasteiger partial charge is 0.121 e. The molecular formula is C25H28N4O2. The average molecular weight is 417 g/mol. The van der Waals surface area contributed by atoms with Crippen LogP contribution in [0.5, 0.6) is 5.75 Å². The number of fused-ring (bicyclic) bond motifs is 4. The first-order valence-electron chi connectivity index (χ1n) is 11.1. The molecule has 160 valence electrons. The minimum atomic E-state index is -0.200. The van der Waals surface area contributed by atoms with E-state index in [1.54, 1.807) is 7.11 Å². The maximum absolute atomic E-state index is 6.63. The molecule has 31 heavy (non-hydrogen) atoms. The van der Waals surface area contributed by atoms with Gasteiger partial charge in [0, 0.05) is 50.7 Å². The van der Waals surface area contributed by atoms with Crippen LogP contribution in [0, 0.1) is 0 Å². The molecule has 0 radical (unpaired) electrons. The van der Waals surface area contributed by atoms with Gasteiger partial charge in [0.15, 0.2) is 0 Å². The van der Waals surface area contributed by atoms with Crippen molar-refractivity contribution < 1.29 is 9.47 Å². The molecule has 6 rings (SSSR count). The van der Waals surface area contributed by atoms with Crippen molar-refractivity contribution in [1.29, 1.82) is 0 Å². The summed E-state index contributed by atoms with van der Waals surface area (Å²) in [5, 5.41) is 3.86. The lowest BCUT2D eigenvalue weighted by Crippen LogP contribution is -2.46. The highest BCUT2D eigenvalue weighted by Crippen LogP contribution is 2.50. The summed E-state index contributed by atoms with van der Waals surface area (Å²) in [5.74, 6) is 0.870. The highest BCUT2D eigenvalue weighted by atomic mass is 16.5. The van der Waals surface area contributed by atoms with E-state index in [1.807, 2.05) is 24.5 Å². The minimum Gasteiger partial charge on any atom is -0.497 e. The molecule has 0 unspecified atom stereocenters. The van der Waals surface area contributed by atoms with Gasteiger partial charge in [0.25, 0.3) is 0 Å². The number of anilines is 1. The van der Waals surface area contributed by atoms with E-state index in [2.05, 4.69) is 56.3 Å². The van der Waals surface area contributed by atoms with Crippen LogP contribution in [0.1, 0.15) is 30.5 Å². The van der Waals surface area contributed by atoms with Crippen molar-refractivity contribution >= 4 is 5.69 Å². The Labute approximate surface area is 182 Å². The second-order valence-electron chi connectivity index (χ2n) is 9.14. The van der Waals surface area contributed by atoms with E-state index in [9.17, 15) is 0 Å². The van der Waals surface area contributed by atoms with E-state index in [4.69, 9.17) is 9.47 Å². The standard InChI is InChI=1S/C25H28N4O2/c1-30-20-6-7-22-21(14-20)27-25(23-5-3-11-29(22)23)17-24(31-18-25)8-12-28(13-9-24)16-19-4-2-10-26-15-19/h2-7,10-11,14-15,27H,8-9,12-13,16-18H2,1H3/t25-/m1/s1. The number of ether oxygens (including phenoxy) is 2. The van der Waals surface area contributed by atoms with Crippen molar-refractivity contribution in [2.45, 2.75) is 36.9 Å². The Balaban J connectivity index is 1.23. The summed E-state index contributed by atoms with van der Waals surface area (Å²) in [6.45, 7) is 3.76. The van der Waals surface area contributed by atoms with E-state index in [0.717, 1.165) is 50.3 Å². The number of nitrogens with one attached hydrogen (secondary N) is 1. The van der Waals surface area contributed by atoms with E-state index in [0.29, 0.717) is 6.61 Å². The van der Waals surface area contributed by atoms with E-state index < -0.39 is 0 Å². The molecule has 2 spiro atoms. The number of benzene rings is 1. The summed E-state index contributed by atoms with van der Waals surface area (Å²) >= 11 is 0. The molecule has 0 saturated carbocycles. The highest BCUT2D eigenvalue weighted by Gasteiger charge is 2.53. The van der Waals surface area contributed by atoms with Gasteiger partial charge in [-0.15, -0.1) is 0 Å². The largest absolute Gasteiger partial charge is 0.497 e. The molecule has 3 aliphatic rings. The van der Waals surface area contributed by atoms with Crippen LogP contribution in [0.25, 0.3) is 5.69 Å². The molecule has 1 aromatic carbocycles. The molecule has 3 aliphatic heterocycles. The van der Waals surface area contributed by atoms with Crippen molar-refractivity contribution in [2.24, 2.45) is 0 Å². The maximum Gasteiger partial charge on any atom is 0.121 e. The second kappa shape index (κ2) is 7.11. The van der Waals surface area contributed by atoms with Gasteiger partial charge in [0.1, 0.15) is 11.3 Å². The summed E-state index contributed by atoms with van der Waals surface area (Å²) in [6, 6.07) is 14.8. The van der Waals surface area contributed by atoms with Crippen molar-refractivity contribution in [1.82, 2.24) is 14.5 Å². The first kappa shape index (κ1) is 18.9. The molecule has 6 nitrogen and oxygen atoms in total. The fourth-order valence-corrected chi connectivity index (χ4v) is 5.62. The Morgan fingerprint density at radius 2 is 2.06 bits per heavy atom. The monoisotopic (exact) mass is 416 g/mol. The van der Waals surface area contributed by atoms with Gasteiger partial charge in [-0.1, -0.05) is 6.07 Å². The lowest BCUT2D eigenvalue weighted by atomic mass is 9.79. The number of aromatic nitrogens is 2. The zero-order valence-electron chi connectivity index (χ0n) is 17.9. The van der Waals surface area contributed by atoms with Crippen LogP contribution >= 0.6 is 0 Å². The number of pyridine rings is 1. The second-order valence-corrected chi connectivity index (χ2v) is 9.14. The summed E-state index contributed by atoms with van der Waals surface area (Å²) < 4.78 is 14.4. The highest BCUT2D eigenvalue weighted by molar-refractivity contribution is 5.69. The van der Waals surface area contributed by atoms with Crippen LogP contribution < -0.4 is 10.1 Å². The molecule has 2 fully saturated rings. The fourth-order valence-electron chi connectivity index (χ4n) is 5.62. The molecule has 0 bridgehead atoms. The lowest BCUT2D eigenvalue weighted by Gasteiger charge is -2.41. The van der Waals surface area contributed by atoms with E-state index >= 15 is 0 Å². The summed E-state index contributed by atoms with van der Waals surface area (Å²) in [5.41, 5.74) is 4.58.